The number of para-hydroxylation sites is 2. The molecule has 0 fully saturated rings. The molecular weight excluding hydrogens is 342 g/mol. The smallest absolute Gasteiger partial charge is 0.263 e. The molecule has 2 aromatic rings. The van der Waals surface area contributed by atoms with E-state index in [4.69, 9.17) is 4.74 Å². The van der Waals surface area contributed by atoms with Crippen molar-refractivity contribution in [1.29, 1.82) is 0 Å². The van der Waals surface area contributed by atoms with Crippen molar-refractivity contribution in [2.75, 3.05) is 11.8 Å². The van der Waals surface area contributed by atoms with Crippen molar-refractivity contribution in [3.8, 4) is 5.75 Å². The third-order valence-corrected chi connectivity index (χ3v) is 5.07. The summed E-state index contributed by atoms with van der Waals surface area (Å²) in [6, 6.07) is 11.9. The molecule has 0 aliphatic heterocycles. The third kappa shape index (κ3) is 3.13. The molecule has 20 heavy (non-hydrogen) atoms. The highest BCUT2D eigenvalue weighted by Gasteiger charge is 2.19. The minimum absolute atomic E-state index is 0.189. The van der Waals surface area contributed by atoms with Crippen LogP contribution in [0.3, 0.4) is 0 Å². The van der Waals surface area contributed by atoms with Crippen LogP contribution in [0.1, 0.15) is 5.56 Å². The lowest BCUT2D eigenvalue weighted by atomic mass is 10.2. The van der Waals surface area contributed by atoms with Crippen LogP contribution in [-0.2, 0) is 10.0 Å². The van der Waals surface area contributed by atoms with Crippen LogP contribution >= 0.6 is 15.9 Å². The number of methoxy groups -OCH3 is 1. The number of ether oxygens (including phenoxy) is 1. The molecule has 0 atom stereocenters. The summed E-state index contributed by atoms with van der Waals surface area (Å²) in [5, 5.41) is 0. The number of nitrogens with one attached hydrogen (secondary N) is 1. The quantitative estimate of drug-likeness (QED) is 0.911. The molecule has 0 saturated carbocycles. The molecule has 0 aromatic heterocycles. The molecule has 6 heteroatoms. The van der Waals surface area contributed by atoms with Gasteiger partial charge in [0.1, 0.15) is 10.6 Å². The number of rotatable bonds is 4. The number of hydrogen-bond acceptors (Lipinski definition) is 3. The molecule has 0 bridgehead atoms. The van der Waals surface area contributed by atoms with E-state index >= 15 is 0 Å². The number of benzene rings is 2. The number of sulfonamides is 1. The molecule has 0 aliphatic rings. The first-order valence-corrected chi connectivity index (χ1v) is 8.13. The lowest BCUT2D eigenvalue weighted by Crippen LogP contribution is -2.14. The summed E-state index contributed by atoms with van der Waals surface area (Å²) in [5.41, 5.74) is 1.38. The van der Waals surface area contributed by atoms with E-state index in [-0.39, 0.29) is 4.90 Å². The van der Waals surface area contributed by atoms with Crippen molar-refractivity contribution in [2.24, 2.45) is 0 Å². The Morgan fingerprint density at radius 3 is 2.50 bits per heavy atom. The summed E-state index contributed by atoms with van der Waals surface area (Å²) < 4.78 is 33.0. The van der Waals surface area contributed by atoms with Crippen LogP contribution in [0.25, 0.3) is 0 Å². The first-order chi connectivity index (χ1) is 9.44. The van der Waals surface area contributed by atoms with Crippen molar-refractivity contribution >= 4 is 31.6 Å². The van der Waals surface area contributed by atoms with Crippen LogP contribution in [-0.4, -0.2) is 15.5 Å². The molecule has 0 spiro atoms. The Hall–Kier alpha value is -1.53. The highest BCUT2D eigenvalue weighted by atomic mass is 79.9. The maximum Gasteiger partial charge on any atom is 0.263 e. The van der Waals surface area contributed by atoms with Crippen LogP contribution in [0.5, 0.6) is 5.75 Å². The standard InChI is InChI=1S/C14H14BrNO3S/c1-10-7-8-14(11(15)9-10)20(17,18)16-12-5-3-4-6-13(12)19-2/h3-9,16H,1-2H3. The van der Waals surface area contributed by atoms with Gasteiger partial charge >= 0.3 is 0 Å². The SMILES string of the molecule is COc1ccccc1NS(=O)(=O)c1ccc(C)cc1Br. The summed E-state index contributed by atoms with van der Waals surface area (Å²) in [7, 11) is -2.18. The second kappa shape index (κ2) is 5.85. The maximum absolute atomic E-state index is 12.4. The van der Waals surface area contributed by atoms with E-state index in [9.17, 15) is 8.42 Å². The Morgan fingerprint density at radius 2 is 1.85 bits per heavy atom. The van der Waals surface area contributed by atoms with Gasteiger partial charge in [-0.3, -0.25) is 4.72 Å². The number of hydrogen-bond donors (Lipinski definition) is 1. The molecule has 0 unspecified atom stereocenters. The van der Waals surface area contributed by atoms with Gasteiger partial charge in [-0.2, -0.15) is 0 Å². The molecule has 0 saturated heterocycles. The molecule has 2 aromatic carbocycles. The zero-order chi connectivity index (χ0) is 14.8. The molecule has 2 rings (SSSR count). The zero-order valence-corrected chi connectivity index (χ0v) is 13.5. The fraction of sp³-hybridized carbons (Fsp3) is 0.143. The largest absolute Gasteiger partial charge is 0.495 e. The summed E-state index contributed by atoms with van der Waals surface area (Å²) in [4.78, 5) is 0.189. The van der Waals surface area contributed by atoms with Gasteiger partial charge in [0.05, 0.1) is 12.8 Å². The van der Waals surface area contributed by atoms with Crippen molar-refractivity contribution in [3.63, 3.8) is 0 Å². The van der Waals surface area contributed by atoms with Gasteiger partial charge in [-0.05, 0) is 52.7 Å². The monoisotopic (exact) mass is 355 g/mol. The number of halogens is 1. The van der Waals surface area contributed by atoms with E-state index in [1.807, 2.05) is 6.92 Å². The highest BCUT2D eigenvalue weighted by Crippen LogP contribution is 2.29. The Kier molecular flexibility index (Phi) is 4.35. The van der Waals surface area contributed by atoms with Crippen LogP contribution in [0.15, 0.2) is 51.8 Å². The summed E-state index contributed by atoms with van der Waals surface area (Å²) >= 11 is 3.28. The van der Waals surface area contributed by atoms with Crippen LogP contribution in [0.4, 0.5) is 5.69 Å². The molecule has 0 heterocycles. The fourth-order valence-electron chi connectivity index (χ4n) is 1.75. The van der Waals surface area contributed by atoms with E-state index in [1.54, 1.807) is 42.5 Å². The predicted octanol–water partition coefficient (Wildman–Crippen LogP) is 3.57. The average molecular weight is 356 g/mol. The van der Waals surface area contributed by atoms with Gasteiger partial charge in [-0.15, -0.1) is 0 Å². The topological polar surface area (TPSA) is 55.4 Å². The second-order valence-electron chi connectivity index (χ2n) is 4.24. The number of anilines is 1. The van der Waals surface area contributed by atoms with Crippen molar-refractivity contribution < 1.29 is 13.2 Å². The van der Waals surface area contributed by atoms with Crippen LogP contribution < -0.4 is 9.46 Å². The number of aryl methyl sites for hydroxylation is 1. The minimum atomic E-state index is -3.67. The van der Waals surface area contributed by atoms with Gasteiger partial charge in [0.25, 0.3) is 10.0 Å². The van der Waals surface area contributed by atoms with Crippen LogP contribution in [0.2, 0.25) is 0 Å². The molecule has 0 aliphatic carbocycles. The summed E-state index contributed by atoms with van der Waals surface area (Å²) in [5.74, 6) is 0.472. The normalized spacial score (nSPS) is 11.2. The van der Waals surface area contributed by atoms with E-state index < -0.39 is 10.0 Å². The molecule has 1 N–H and O–H groups in total. The Labute approximate surface area is 127 Å². The van der Waals surface area contributed by atoms with Gasteiger partial charge in [-0.25, -0.2) is 8.42 Å². The van der Waals surface area contributed by atoms with Gasteiger partial charge in [0, 0.05) is 4.47 Å². The summed E-state index contributed by atoms with van der Waals surface area (Å²) in [6.45, 7) is 1.90. The van der Waals surface area contributed by atoms with Gasteiger partial charge in [-0.1, -0.05) is 18.2 Å². The molecular formula is C14H14BrNO3S. The fourth-order valence-corrected chi connectivity index (χ4v) is 4.02. The second-order valence-corrected chi connectivity index (χ2v) is 6.74. The van der Waals surface area contributed by atoms with Gasteiger partial charge < -0.3 is 4.74 Å². The van der Waals surface area contributed by atoms with Gasteiger partial charge in [0.15, 0.2) is 0 Å². The highest BCUT2D eigenvalue weighted by molar-refractivity contribution is 9.10. The third-order valence-electron chi connectivity index (χ3n) is 2.73. The minimum Gasteiger partial charge on any atom is -0.495 e. The molecule has 4 nitrogen and oxygen atoms in total. The summed E-state index contributed by atoms with van der Waals surface area (Å²) in [6.07, 6.45) is 0. The lowest BCUT2D eigenvalue weighted by Gasteiger charge is -2.12. The van der Waals surface area contributed by atoms with Gasteiger partial charge in [0.2, 0.25) is 0 Å². The van der Waals surface area contributed by atoms with Crippen molar-refractivity contribution in [2.45, 2.75) is 11.8 Å². The first kappa shape index (κ1) is 14.9. The molecule has 0 radical (unpaired) electrons. The van der Waals surface area contributed by atoms with E-state index in [0.29, 0.717) is 15.9 Å². The van der Waals surface area contributed by atoms with E-state index in [2.05, 4.69) is 20.7 Å². The Morgan fingerprint density at radius 1 is 1.15 bits per heavy atom. The Balaban J connectivity index is 2.41. The average Bonchev–Trinajstić information content (AvgIpc) is 2.38. The molecule has 0 amide bonds. The maximum atomic E-state index is 12.4. The zero-order valence-electron chi connectivity index (χ0n) is 11.1. The first-order valence-electron chi connectivity index (χ1n) is 5.86. The van der Waals surface area contributed by atoms with Crippen molar-refractivity contribution in [1.82, 2.24) is 0 Å². The van der Waals surface area contributed by atoms with E-state index in [1.165, 1.54) is 7.11 Å². The van der Waals surface area contributed by atoms with Crippen molar-refractivity contribution in [3.05, 3.63) is 52.5 Å². The van der Waals surface area contributed by atoms with Crippen LogP contribution in [0, 0.1) is 6.92 Å². The Bertz CT molecular complexity index is 729. The van der Waals surface area contributed by atoms with E-state index in [0.717, 1.165) is 5.56 Å². The lowest BCUT2D eigenvalue weighted by molar-refractivity contribution is 0.417. The predicted molar refractivity (Wildman–Crippen MR) is 82.7 cm³/mol. The molecule has 106 valence electrons.